The van der Waals surface area contributed by atoms with Gasteiger partial charge in [0.1, 0.15) is 0 Å². The van der Waals surface area contributed by atoms with Crippen LogP contribution in [0, 0.1) is 17.8 Å². The minimum atomic E-state index is 0.360. The number of thiazole rings is 1. The fourth-order valence-corrected chi connectivity index (χ4v) is 3.69. The van der Waals surface area contributed by atoms with E-state index in [1.165, 1.54) is 24.3 Å². The molecule has 1 aliphatic rings. The van der Waals surface area contributed by atoms with Crippen molar-refractivity contribution in [3.63, 3.8) is 0 Å². The van der Waals surface area contributed by atoms with Gasteiger partial charge in [-0.05, 0) is 37.0 Å². The lowest BCUT2D eigenvalue weighted by molar-refractivity contribution is 0.218. The van der Waals surface area contributed by atoms with Crippen LogP contribution in [0.4, 0.5) is 0 Å². The van der Waals surface area contributed by atoms with E-state index in [1.807, 2.05) is 6.20 Å². The van der Waals surface area contributed by atoms with Gasteiger partial charge in [-0.3, -0.25) is 0 Å². The minimum absolute atomic E-state index is 0.360. The Kier molecular flexibility index (Phi) is 4.26. The van der Waals surface area contributed by atoms with E-state index in [9.17, 15) is 0 Å². The van der Waals surface area contributed by atoms with Crippen LogP contribution in [0.1, 0.15) is 38.1 Å². The molecular formula is C13H20ClNS. The van der Waals surface area contributed by atoms with Gasteiger partial charge in [0.05, 0.1) is 5.01 Å². The average molecular weight is 258 g/mol. The van der Waals surface area contributed by atoms with Crippen LogP contribution in [0.15, 0.2) is 11.6 Å². The molecule has 1 heterocycles. The highest BCUT2D eigenvalue weighted by atomic mass is 35.5. The quantitative estimate of drug-likeness (QED) is 0.733. The second kappa shape index (κ2) is 5.50. The van der Waals surface area contributed by atoms with Gasteiger partial charge in [-0.15, -0.1) is 22.9 Å². The summed E-state index contributed by atoms with van der Waals surface area (Å²) in [6.45, 7) is 4.67. The highest BCUT2D eigenvalue weighted by Gasteiger charge is 2.30. The Labute approximate surface area is 107 Å². The van der Waals surface area contributed by atoms with Crippen LogP contribution >= 0.6 is 22.9 Å². The number of aromatic nitrogens is 1. The molecule has 1 aromatic heterocycles. The third kappa shape index (κ3) is 2.98. The Morgan fingerprint density at radius 3 is 2.94 bits per heavy atom. The second-order valence-corrected chi connectivity index (χ2v) is 6.76. The van der Waals surface area contributed by atoms with Crippen LogP contribution in [0.3, 0.4) is 0 Å². The third-order valence-corrected chi connectivity index (χ3v) is 5.17. The molecule has 0 amide bonds. The molecule has 0 spiro atoms. The molecule has 0 aromatic carbocycles. The van der Waals surface area contributed by atoms with E-state index in [1.54, 1.807) is 11.3 Å². The maximum absolute atomic E-state index is 6.45. The van der Waals surface area contributed by atoms with Crippen molar-refractivity contribution >= 4 is 22.9 Å². The third-order valence-electron chi connectivity index (χ3n) is 3.79. The van der Waals surface area contributed by atoms with Crippen molar-refractivity contribution in [2.45, 2.75) is 44.9 Å². The molecule has 1 saturated carbocycles. The standard InChI is InChI=1S/C13H20ClNS/c1-9(2)10-3-4-12(14)11(7-10)8-13-15-5-6-16-13/h5-6,9-12H,3-4,7-8H2,1-2H3. The fourth-order valence-electron chi connectivity index (χ4n) is 2.66. The largest absolute Gasteiger partial charge is 0.250 e. The normalized spacial score (nSPS) is 30.9. The summed E-state index contributed by atoms with van der Waals surface area (Å²) in [5.74, 6) is 2.29. The van der Waals surface area contributed by atoms with E-state index in [0.717, 1.165) is 18.3 Å². The van der Waals surface area contributed by atoms with Crippen molar-refractivity contribution in [1.29, 1.82) is 0 Å². The monoisotopic (exact) mass is 257 g/mol. The molecule has 16 heavy (non-hydrogen) atoms. The van der Waals surface area contributed by atoms with Gasteiger partial charge in [-0.2, -0.15) is 0 Å². The Hall–Kier alpha value is -0.0800. The fraction of sp³-hybridized carbons (Fsp3) is 0.769. The molecule has 0 saturated heterocycles. The summed E-state index contributed by atoms with van der Waals surface area (Å²) in [5, 5.41) is 3.67. The zero-order valence-corrected chi connectivity index (χ0v) is 11.6. The molecule has 90 valence electrons. The van der Waals surface area contributed by atoms with E-state index in [0.29, 0.717) is 11.3 Å². The number of hydrogen-bond acceptors (Lipinski definition) is 2. The van der Waals surface area contributed by atoms with Crippen LogP contribution in [0.25, 0.3) is 0 Å². The van der Waals surface area contributed by atoms with Crippen molar-refractivity contribution in [2.24, 2.45) is 17.8 Å². The first-order valence-corrected chi connectivity index (χ1v) is 7.51. The first kappa shape index (κ1) is 12.4. The summed E-state index contributed by atoms with van der Waals surface area (Å²) in [6, 6.07) is 0. The number of halogens is 1. The van der Waals surface area contributed by atoms with E-state index < -0.39 is 0 Å². The highest BCUT2D eigenvalue weighted by Crippen LogP contribution is 2.38. The van der Waals surface area contributed by atoms with E-state index in [-0.39, 0.29) is 0 Å². The van der Waals surface area contributed by atoms with Gasteiger partial charge >= 0.3 is 0 Å². The summed E-state index contributed by atoms with van der Waals surface area (Å²) in [7, 11) is 0. The molecule has 0 N–H and O–H groups in total. The number of rotatable bonds is 3. The number of nitrogens with zero attached hydrogens (tertiary/aromatic N) is 1. The first-order valence-electron chi connectivity index (χ1n) is 6.19. The zero-order valence-electron chi connectivity index (χ0n) is 10.0. The van der Waals surface area contributed by atoms with Gasteiger partial charge in [0.15, 0.2) is 0 Å². The van der Waals surface area contributed by atoms with Gasteiger partial charge in [0.2, 0.25) is 0 Å². The van der Waals surface area contributed by atoms with Gasteiger partial charge in [-0.1, -0.05) is 13.8 Å². The van der Waals surface area contributed by atoms with Crippen LogP contribution in [0.2, 0.25) is 0 Å². The maximum Gasteiger partial charge on any atom is 0.0928 e. The Morgan fingerprint density at radius 2 is 2.31 bits per heavy atom. The van der Waals surface area contributed by atoms with Crippen molar-refractivity contribution in [2.75, 3.05) is 0 Å². The molecule has 0 aliphatic heterocycles. The number of alkyl halides is 1. The van der Waals surface area contributed by atoms with Gasteiger partial charge in [-0.25, -0.2) is 4.98 Å². The molecule has 1 nitrogen and oxygen atoms in total. The Balaban J connectivity index is 1.96. The summed E-state index contributed by atoms with van der Waals surface area (Å²) in [4.78, 5) is 4.37. The summed E-state index contributed by atoms with van der Waals surface area (Å²) in [5.41, 5.74) is 0. The van der Waals surface area contributed by atoms with Crippen LogP contribution in [-0.4, -0.2) is 10.4 Å². The molecule has 2 rings (SSSR count). The minimum Gasteiger partial charge on any atom is -0.250 e. The van der Waals surface area contributed by atoms with Crippen molar-refractivity contribution < 1.29 is 0 Å². The van der Waals surface area contributed by atoms with Crippen molar-refractivity contribution in [3.8, 4) is 0 Å². The highest BCUT2D eigenvalue weighted by molar-refractivity contribution is 7.09. The molecule has 0 radical (unpaired) electrons. The molecule has 0 bridgehead atoms. The smallest absolute Gasteiger partial charge is 0.0928 e. The molecule has 3 atom stereocenters. The summed E-state index contributed by atoms with van der Waals surface area (Å²) >= 11 is 8.20. The molecule has 3 unspecified atom stereocenters. The summed E-state index contributed by atoms with van der Waals surface area (Å²) < 4.78 is 0. The molecular weight excluding hydrogens is 238 g/mol. The lowest BCUT2D eigenvalue weighted by Gasteiger charge is -2.34. The van der Waals surface area contributed by atoms with Crippen molar-refractivity contribution in [1.82, 2.24) is 4.98 Å². The number of hydrogen-bond donors (Lipinski definition) is 0. The SMILES string of the molecule is CC(C)C1CCC(Cl)C(Cc2nccs2)C1. The lowest BCUT2D eigenvalue weighted by Crippen LogP contribution is -2.29. The Morgan fingerprint density at radius 1 is 1.50 bits per heavy atom. The molecule has 1 aromatic rings. The van der Waals surface area contributed by atoms with Gasteiger partial charge < -0.3 is 0 Å². The zero-order chi connectivity index (χ0) is 11.5. The summed E-state index contributed by atoms with van der Waals surface area (Å²) in [6.07, 6.45) is 6.74. The van der Waals surface area contributed by atoms with E-state index in [2.05, 4.69) is 24.2 Å². The molecule has 1 fully saturated rings. The average Bonchev–Trinajstić information content (AvgIpc) is 2.73. The van der Waals surface area contributed by atoms with E-state index in [4.69, 9.17) is 11.6 Å². The van der Waals surface area contributed by atoms with Crippen LogP contribution in [-0.2, 0) is 6.42 Å². The van der Waals surface area contributed by atoms with Crippen molar-refractivity contribution in [3.05, 3.63) is 16.6 Å². The predicted octanol–water partition coefficient (Wildman–Crippen LogP) is 4.37. The maximum atomic E-state index is 6.45. The lowest BCUT2D eigenvalue weighted by atomic mass is 9.75. The molecule has 1 aliphatic carbocycles. The van der Waals surface area contributed by atoms with Gasteiger partial charge in [0, 0.05) is 23.4 Å². The molecule has 3 heteroatoms. The second-order valence-electron chi connectivity index (χ2n) is 5.22. The van der Waals surface area contributed by atoms with Crippen LogP contribution in [0.5, 0.6) is 0 Å². The predicted molar refractivity (Wildman–Crippen MR) is 71.1 cm³/mol. The van der Waals surface area contributed by atoms with Gasteiger partial charge in [0.25, 0.3) is 0 Å². The topological polar surface area (TPSA) is 12.9 Å². The Bertz CT molecular complexity index is 310. The first-order chi connectivity index (χ1) is 7.66. The van der Waals surface area contributed by atoms with Crippen LogP contribution < -0.4 is 0 Å². The van der Waals surface area contributed by atoms with E-state index >= 15 is 0 Å².